The molecule has 0 aliphatic heterocycles. The molecular weight excluding hydrogens is 320 g/mol. The first-order valence-corrected chi connectivity index (χ1v) is 6.73. The highest BCUT2D eigenvalue weighted by molar-refractivity contribution is 5.95. The molecule has 2 rings (SSSR count). The van der Waals surface area contributed by atoms with E-state index in [4.69, 9.17) is 0 Å². The summed E-state index contributed by atoms with van der Waals surface area (Å²) >= 11 is 0. The summed E-state index contributed by atoms with van der Waals surface area (Å²) < 4.78 is 31.9. The molecule has 2 aromatic rings. The van der Waals surface area contributed by atoms with Crippen LogP contribution in [0.3, 0.4) is 0 Å². The van der Waals surface area contributed by atoms with Crippen molar-refractivity contribution in [3.63, 3.8) is 0 Å². The first-order chi connectivity index (χ1) is 11.4. The molecule has 1 amide bonds. The van der Waals surface area contributed by atoms with Crippen LogP contribution in [0.4, 0.5) is 8.78 Å². The molecule has 24 heavy (non-hydrogen) atoms. The highest BCUT2D eigenvalue weighted by Crippen LogP contribution is 2.11. The molecule has 1 aromatic carbocycles. The molecule has 0 aliphatic rings. The lowest BCUT2D eigenvalue weighted by Gasteiger charge is -2.11. The number of methoxy groups -OCH3 is 1. The smallest absolute Gasteiger partial charge is 0.337 e. The zero-order valence-electron chi connectivity index (χ0n) is 12.9. The number of benzene rings is 1. The topological polar surface area (TPSA) is 71.9 Å². The fraction of sp³-hybridized carbons (Fsp3) is 0.125. The summed E-state index contributed by atoms with van der Waals surface area (Å²) in [6, 6.07) is 4.89. The first kappa shape index (κ1) is 17.2. The molecule has 0 bridgehead atoms. The van der Waals surface area contributed by atoms with Gasteiger partial charge in [0.1, 0.15) is 5.82 Å². The second-order valence-electron chi connectivity index (χ2n) is 4.66. The summed E-state index contributed by atoms with van der Waals surface area (Å²) in [6.45, 7) is 0. The number of hydrogen-bond donors (Lipinski definition) is 0. The third kappa shape index (κ3) is 3.78. The van der Waals surface area contributed by atoms with Crippen molar-refractivity contribution in [2.45, 2.75) is 0 Å². The number of carbonyl (C=O) groups excluding carboxylic acids is 2. The minimum Gasteiger partial charge on any atom is -0.465 e. The second kappa shape index (κ2) is 7.40. The Bertz CT molecular complexity index is 809. The number of hydrazone groups is 1. The molecule has 8 heteroatoms. The molecule has 0 aliphatic carbocycles. The SMILES string of the molecule is COC(=O)c1ccc(/C=N/N(C)C(=O)c2ccncc2F)c(F)c1. The van der Waals surface area contributed by atoms with E-state index in [-0.39, 0.29) is 16.7 Å². The number of amides is 1. The fourth-order valence-corrected chi connectivity index (χ4v) is 1.80. The second-order valence-corrected chi connectivity index (χ2v) is 4.66. The van der Waals surface area contributed by atoms with Crippen LogP contribution in [0, 0.1) is 11.6 Å². The molecule has 0 radical (unpaired) electrons. The van der Waals surface area contributed by atoms with Crippen molar-refractivity contribution in [3.8, 4) is 0 Å². The predicted molar refractivity (Wildman–Crippen MR) is 81.6 cm³/mol. The molecule has 1 heterocycles. The lowest BCUT2D eigenvalue weighted by Crippen LogP contribution is -2.22. The van der Waals surface area contributed by atoms with E-state index in [1.807, 2.05) is 0 Å². The van der Waals surface area contributed by atoms with Crippen molar-refractivity contribution >= 4 is 18.1 Å². The van der Waals surface area contributed by atoms with Crippen molar-refractivity contribution in [2.75, 3.05) is 14.2 Å². The van der Waals surface area contributed by atoms with Crippen LogP contribution < -0.4 is 0 Å². The van der Waals surface area contributed by atoms with Gasteiger partial charge in [0.05, 0.1) is 30.6 Å². The maximum atomic E-state index is 13.9. The highest BCUT2D eigenvalue weighted by atomic mass is 19.1. The number of hydrogen-bond acceptors (Lipinski definition) is 5. The lowest BCUT2D eigenvalue weighted by atomic mass is 10.1. The Labute approximate surface area is 136 Å². The minimum absolute atomic E-state index is 0.0513. The van der Waals surface area contributed by atoms with Gasteiger partial charge in [-0.1, -0.05) is 0 Å². The first-order valence-electron chi connectivity index (χ1n) is 6.73. The van der Waals surface area contributed by atoms with Crippen LogP contribution >= 0.6 is 0 Å². The third-order valence-corrected chi connectivity index (χ3v) is 3.09. The van der Waals surface area contributed by atoms with E-state index in [9.17, 15) is 18.4 Å². The average Bonchev–Trinajstić information content (AvgIpc) is 2.59. The van der Waals surface area contributed by atoms with Crippen LogP contribution in [0.15, 0.2) is 41.8 Å². The van der Waals surface area contributed by atoms with Gasteiger partial charge in [-0.05, 0) is 24.3 Å². The van der Waals surface area contributed by atoms with Gasteiger partial charge in [-0.25, -0.2) is 18.6 Å². The van der Waals surface area contributed by atoms with E-state index in [1.165, 1.54) is 38.6 Å². The van der Waals surface area contributed by atoms with Gasteiger partial charge in [-0.3, -0.25) is 9.78 Å². The van der Waals surface area contributed by atoms with E-state index in [1.54, 1.807) is 0 Å². The highest BCUT2D eigenvalue weighted by Gasteiger charge is 2.15. The molecule has 124 valence electrons. The number of pyridine rings is 1. The Morgan fingerprint density at radius 1 is 1.25 bits per heavy atom. The molecule has 0 saturated carbocycles. The van der Waals surface area contributed by atoms with Crippen molar-refractivity contribution in [1.82, 2.24) is 9.99 Å². The molecule has 0 saturated heterocycles. The van der Waals surface area contributed by atoms with Gasteiger partial charge in [0, 0.05) is 18.8 Å². The van der Waals surface area contributed by atoms with Gasteiger partial charge in [0.25, 0.3) is 5.91 Å². The largest absolute Gasteiger partial charge is 0.465 e. The number of carbonyl (C=O) groups is 2. The minimum atomic E-state index is -0.779. The average molecular weight is 333 g/mol. The molecule has 0 unspecified atom stereocenters. The molecule has 1 aromatic heterocycles. The fourth-order valence-electron chi connectivity index (χ4n) is 1.80. The number of nitrogens with zero attached hydrogens (tertiary/aromatic N) is 3. The summed E-state index contributed by atoms with van der Waals surface area (Å²) in [5.74, 6) is -2.87. The van der Waals surface area contributed by atoms with Crippen LogP contribution in [-0.4, -0.2) is 42.2 Å². The maximum Gasteiger partial charge on any atom is 0.337 e. The number of rotatable bonds is 4. The van der Waals surface area contributed by atoms with Crippen LogP contribution in [0.5, 0.6) is 0 Å². The van der Waals surface area contributed by atoms with Crippen LogP contribution in [0.2, 0.25) is 0 Å². The van der Waals surface area contributed by atoms with Gasteiger partial charge in [-0.2, -0.15) is 5.10 Å². The Hall–Kier alpha value is -3.16. The van der Waals surface area contributed by atoms with Gasteiger partial charge >= 0.3 is 5.97 Å². The van der Waals surface area contributed by atoms with Crippen molar-refractivity contribution in [3.05, 3.63) is 65.0 Å². The number of halogens is 2. The summed E-state index contributed by atoms with van der Waals surface area (Å²) in [4.78, 5) is 26.9. The van der Waals surface area contributed by atoms with E-state index < -0.39 is 23.5 Å². The summed E-state index contributed by atoms with van der Waals surface area (Å²) in [5, 5.41) is 4.65. The Morgan fingerprint density at radius 3 is 2.62 bits per heavy atom. The maximum absolute atomic E-state index is 13.9. The van der Waals surface area contributed by atoms with Crippen LogP contribution in [0.1, 0.15) is 26.3 Å². The van der Waals surface area contributed by atoms with Crippen molar-refractivity contribution in [1.29, 1.82) is 0 Å². The third-order valence-electron chi connectivity index (χ3n) is 3.09. The van der Waals surface area contributed by atoms with E-state index in [2.05, 4.69) is 14.8 Å². The number of aromatic nitrogens is 1. The van der Waals surface area contributed by atoms with Crippen LogP contribution in [-0.2, 0) is 4.74 Å². The van der Waals surface area contributed by atoms with Gasteiger partial charge < -0.3 is 4.74 Å². The van der Waals surface area contributed by atoms with Gasteiger partial charge in [0.2, 0.25) is 0 Å². The summed E-state index contributed by atoms with van der Waals surface area (Å²) in [7, 11) is 2.49. The molecular formula is C16H13F2N3O3. The zero-order chi connectivity index (χ0) is 17.7. The predicted octanol–water partition coefficient (Wildman–Crippen LogP) is 2.25. The van der Waals surface area contributed by atoms with Gasteiger partial charge in [0.15, 0.2) is 5.82 Å². The van der Waals surface area contributed by atoms with Gasteiger partial charge in [-0.15, -0.1) is 0 Å². The quantitative estimate of drug-likeness (QED) is 0.489. The molecule has 6 nitrogen and oxygen atoms in total. The number of esters is 1. The standard InChI is InChI=1S/C16H13F2N3O3/c1-21(15(22)12-5-6-19-9-14(12)18)20-8-11-4-3-10(7-13(11)17)16(23)24-2/h3-9H,1-2H3/b20-8+. The molecule has 0 N–H and O–H groups in total. The molecule has 0 atom stereocenters. The Balaban J connectivity index is 2.17. The Morgan fingerprint density at radius 2 is 2.00 bits per heavy atom. The monoisotopic (exact) mass is 333 g/mol. The lowest BCUT2D eigenvalue weighted by molar-refractivity contribution is 0.0600. The Kier molecular flexibility index (Phi) is 5.31. The van der Waals surface area contributed by atoms with E-state index >= 15 is 0 Å². The van der Waals surface area contributed by atoms with E-state index in [0.29, 0.717) is 0 Å². The molecule has 0 fully saturated rings. The van der Waals surface area contributed by atoms with Crippen LogP contribution in [0.25, 0.3) is 0 Å². The number of ether oxygens (including phenoxy) is 1. The van der Waals surface area contributed by atoms with E-state index in [0.717, 1.165) is 23.5 Å². The normalized spacial score (nSPS) is 10.7. The molecule has 0 spiro atoms. The van der Waals surface area contributed by atoms with Crippen molar-refractivity contribution in [2.24, 2.45) is 5.10 Å². The summed E-state index contributed by atoms with van der Waals surface area (Å²) in [5.41, 5.74) is -0.0981. The van der Waals surface area contributed by atoms with Crippen molar-refractivity contribution < 1.29 is 23.1 Å². The summed E-state index contributed by atoms with van der Waals surface area (Å²) in [6.07, 6.45) is 3.28. The zero-order valence-corrected chi connectivity index (χ0v) is 12.9.